The van der Waals surface area contributed by atoms with Crippen molar-refractivity contribution in [3.63, 3.8) is 0 Å². The Kier molecular flexibility index (Phi) is 5.34. The van der Waals surface area contributed by atoms with Crippen LogP contribution in [0.3, 0.4) is 0 Å². The lowest BCUT2D eigenvalue weighted by atomic mass is 10.1. The minimum Gasteiger partial charge on any atom is -0.324 e. The number of carbonyl (C=O) groups is 1. The summed E-state index contributed by atoms with van der Waals surface area (Å²) < 4.78 is 1.10. The van der Waals surface area contributed by atoms with E-state index in [-0.39, 0.29) is 12.1 Å². The maximum atomic E-state index is 12.3. The van der Waals surface area contributed by atoms with Crippen LogP contribution in [0.4, 0.5) is 5.69 Å². The predicted octanol–water partition coefficient (Wildman–Crippen LogP) is 3.38. The van der Waals surface area contributed by atoms with E-state index < -0.39 is 5.91 Å². The first-order chi connectivity index (χ1) is 13.0. The van der Waals surface area contributed by atoms with Gasteiger partial charge in [0.05, 0.1) is 17.3 Å². The van der Waals surface area contributed by atoms with E-state index in [2.05, 4.69) is 10.4 Å². The van der Waals surface area contributed by atoms with Gasteiger partial charge in [0.1, 0.15) is 6.54 Å². The minimum atomic E-state index is -0.413. The maximum Gasteiger partial charge on any atom is 0.267 e. The maximum absolute atomic E-state index is 12.3. The van der Waals surface area contributed by atoms with Crippen LogP contribution in [0.2, 0.25) is 5.02 Å². The van der Waals surface area contributed by atoms with E-state index in [4.69, 9.17) is 16.9 Å². The van der Waals surface area contributed by atoms with Gasteiger partial charge >= 0.3 is 0 Å². The standard InChI is InChI=1S/C20H15ClN4O2/c1-13-9-15(5-6-17(13)21)18-7-8-20(27)25(24-18)12-19(26)23-16-4-2-3-14(10-16)11-22/h2-10H,12H2,1H3,(H,23,26). The first-order valence-electron chi connectivity index (χ1n) is 8.11. The average molecular weight is 379 g/mol. The van der Waals surface area contributed by atoms with Gasteiger partial charge in [-0.2, -0.15) is 10.4 Å². The molecule has 0 aliphatic heterocycles. The monoisotopic (exact) mass is 378 g/mol. The quantitative estimate of drug-likeness (QED) is 0.753. The van der Waals surface area contributed by atoms with E-state index in [0.717, 1.165) is 15.8 Å². The largest absolute Gasteiger partial charge is 0.324 e. The Morgan fingerprint density at radius 1 is 1.22 bits per heavy atom. The smallest absolute Gasteiger partial charge is 0.267 e. The Labute approximate surface area is 160 Å². The summed E-state index contributed by atoms with van der Waals surface area (Å²) in [6, 6.07) is 17.0. The zero-order valence-electron chi connectivity index (χ0n) is 14.4. The van der Waals surface area contributed by atoms with Crippen molar-refractivity contribution >= 4 is 23.2 Å². The van der Waals surface area contributed by atoms with Crippen molar-refractivity contribution < 1.29 is 4.79 Å². The number of rotatable bonds is 4. The second kappa shape index (κ2) is 7.85. The van der Waals surface area contributed by atoms with Gasteiger partial charge in [0.2, 0.25) is 5.91 Å². The number of halogens is 1. The number of nitrogens with one attached hydrogen (secondary N) is 1. The normalized spacial score (nSPS) is 10.3. The van der Waals surface area contributed by atoms with E-state index in [9.17, 15) is 9.59 Å². The first-order valence-corrected chi connectivity index (χ1v) is 8.49. The van der Waals surface area contributed by atoms with E-state index >= 15 is 0 Å². The molecule has 0 saturated carbocycles. The van der Waals surface area contributed by atoms with E-state index in [1.807, 2.05) is 19.1 Å². The van der Waals surface area contributed by atoms with Gasteiger partial charge in [-0.15, -0.1) is 0 Å². The van der Waals surface area contributed by atoms with Gasteiger partial charge in [0, 0.05) is 22.3 Å². The third-order valence-corrected chi connectivity index (χ3v) is 4.31. The van der Waals surface area contributed by atoms with E-state index in [1.165, 1.54) is 6.07 Å². The summed E-state index contributed by atoms with van der Waals surface area (Å²) in [6.45, 7) is 1.64. The average Bonchev–Trinajstić information content (AvgIpc) is 2.66. The Balaban J connectivity index is 1.82. The molecule has 0 atom stereocenters. The number of hydrogen-bond donors (Lipinski definition) is 1. The Morgan fingerprint density at radius 2 is 2.04 bits per heavy atom. The van der Waals surface area contributed by atoms with Crippen molar-refractivity contribution in [2.24, 2.45) is 0 Å². The van der Waals surface area contributed by atoms with Crippen LogP contribution in [0.25, 0.3) is 11.3 Å². The summed E-state index contributed by atoms with van der Waals surface area (Å²) in [5.41, 5.74) is 2.79. The number of aromatic nitrogens is 2. The Morgan fingerprint density at radius 3 is 2.78 bits per heavy atom. The molecule has 0 unspecified atom stereocenters. The topological polar surface area (TPSA) is 87.8 Å². The molecule has 0 saturated heterocycles. The highest BCUT2D eigenvalue weighted by Crippen LogP contribution is 2.22. The van der Waals surface area contributed by atoms with Gasteiger partial charge in [0.15, 0.2) is 0 Å². The molecule has 0 radical (unpaired) electrons. The summed E-state index contributed by atoms with van der Waals surface area (Å²) >= 11 is 6.04. The van der Waals surface area contributed by atoms with Crippen LogP contribution in [-0.4, -0.2) is 15.7 Å². The van der Waals surface area contributed by atoms with Crippen LogP contribution >= 0.6 is 11.6 Å². The van der Waals surface area contributed by atoms with E-state index in [0.29, 0.717) is 22.0 Å². The molecule has 134 valence electrons. The van der Waals surface area contributed by atoms with Crippen molar-refractivity contribution in [2.45, 2.75) is 13.5 Å². The molecule has 6 nitrogen and oxygen atoms in total. The minimum absolute atomic E-state index is 0.240. The highest BCUT2D eigenvalue weighted by molar-refractivity contribution is 6.31. The van der Waals surface area contributed by atoms with Crippen LogP contribution in [0, 0.1) is 18.3 Å². The number of benzene rings is 2. The highest BCUT2D eigenvalue weighted by Gasteiger charge is 2.09. The molecule has 3 rings (SSSR count). The second-order valence-electron chi connectivity index (χ2n) is 5.92. The number of carbonyl (C=O) groups excluding carboxylic acids is 1. The second-order valence-corrected chi connectivity index (χ2v) is 6.33. The number of amides is 1. The number of nitrogens with zero attached hydrogens (tertiary/aromatic N) is 3. The Hall–Kier alpha value is -3.43. The van der Waals surface area contributed by atoms with E-state index in [1.54, 1.807) is 42.5 Å². The van der Waals surface area contributed by atoms with Crippen molar-refractivity contribution in [1.82, 2.24) is 9.78 Å². The molecule has 1 heterocycles. The lowest BCUT2D eigenvalue weighted by Crippen LogP contribution is -2.29. The molecular weight excluding hydrogens is 364 g/mol. The fourth-order valence-electron chi connectivity index (χ4n) is 2.52. The predicted molar refractivity (Wildman–Crippen MR) is 103 cm³/mol. The number of aryl methyl sites for hydroxylation is 1. The summed E-state index contributed by atoms with van der Waals surface area (Å²) in [7, 11) is 0. The van der Waals surface area contributed by atoms with Gasteiger partial charge in [0.25, 0.3) is 5.56 Å². The van der Waals surface area contributed by atoms with Crippen molar-refractivity contribution in [2.75, 3.05) is 5.32 Å². The number of hydrogen-bond acceptors (Lipinski definition) is 4. The first kappa shape index (κ1) is 18.4. The SMILES string of the molecule is Cc1cc(-c2ccc(=O)n(CC(=O)Nc3cccc(C#N)c3)n2)ccc1Cl. The fourth-order valence-corrected chi connectivity index (χ4v) is 2.64. The molecule has 3 aromatic rings. The molecule has 2 aromatic carbocycles. The summed E-state index contributed by atoms with van der Waals surface area (Å²) in [5.74, 6) is -0.413. The van der Waals surface area contributed by atoms with Gasteiger partial charge < -0.3 is 5.32 Å². The van der Waals surface area contributed by atoms with Crippen molar-refractivity contribution in [1.29, 1.82) is 5.26 Å². The molecule has 0 spiro atoms. The molecule has 27 heavy (non-hydrogen) atoms. The lowest BCUT2D eigenvalue weighted by Gasteiger charge is -2.09. The Bertz CT molecular complexity index is 1120. The number of nitriles is 1. The van der Waals surface area contributed by atoms with Crippen molar-refractivity contribution in [3.8, 4) is 17.3 Å². The van der Waals surface area contributed by atoms with Crippen LogP contribution < -0.4 is 10.9 Å². The molecule has 1 N–H and O–H groups in total. The third-order valence-electron chi connectivity index (χ3n) is 3.89. The van der Waals surface area contributed by atoms with Crippen molar-refractivity contribution in [3.05, 3.63) is 81.1 Å². The summed E-state index contributed by atoms with van der Waals surface area (Å²) in [5, 5.41) is 16.5. The highest BCUT2D eigenvalue weighted by atomic mass is 35.5. The zero-order chi connectivity index (χ0) is 19.4. The molecule has 1 aromatic heterocycles. The molecule has 7 heteroatoms. The molecular formula is C20H15ClN4O2. The molecule has 0 fully saturated rings. The fraction of sp³-hybridized carbons (Fsp3) is 0.100. The van der Waals surface area contributed by atoms with Crippen LogP contribution in [-0.2, 0) is 11.3 Å². The summed E-state index contributed by atoms with van der Waals surface area (Å²) in [6.07, 6.45) is 0. The van der Waals surface area contributed by atoms with Crippen LogP contribution in [0.15, 0.2) is 59.4 Å². The van der Waals surface area contributed by atoms with Gasteiger partial charge in [-0.1, -0.05) is 23.7 Å². The molecule has 1 amide bonds. The molecule has 0 bridgehead atoms. The summed E-state index contributed by atoms with van der Waals surface area (Å²) in [4.78, 5) is 24.3. The van der Waals surface area contributed by atoms with Gasteiger partial charge in [-0.3, -0.25) is 9.59 Å². The molecule has 0 aliphatic rings. The van der Waals surface area contributed by atoms with Crippen LogP contribution in [0.5, 0.6) is 0 Å². The van der Waals surface area contributed by atoms with Gasteiger partial charge in [-0.25, -0.2) is 4.68 Å². The third kappa shape index (κ3) is 4.40. The zero-order valence-corrected chi connectivity index (χ0v) is 15.2. The molecule has 0 aliphatic carbocycles. The van der Waals surface area contributed by atoms with Crippen LogP contribution in [0.1, 0.15) is 11.1 Å². The van der Waals surface area contributed by atoms with Gasteiger partial charge in [-0.05, 0) is 48.9 Å². The number of anilines is 1. The lowest BCUT2D eigenvalue weighted by molar-refractivity contribution is -0.117.